The van der Waals surface area contributed by atoms with Crippen LogP contribution in [0.15, 0.2) is 24.5 Å². The second-order valence-electron chi connectivity index (χ2n) is 4.37. The summed E-state index contributed by atoms with van der Waals surface area (Å²) in [5.41, 5.74) is 0.473. The number of fused-ring (bicyclic) bond motifs is 1. The average Bonchev–Trinajstić information content (AvgIpc) is 2.46. The van der Waals surface area contributed by atoms with Crippen molar-refractivity contribution in [3.63, 3.8) is 0 Å². The largest absolute Gasteiger partial charge is 0.469 e. The second-order valence-corrected chi connectivity index (χ2v) is 4.37. The highest BCUT2D eigenvalue weighted by Gasteiger charge is 2.19. The van der Waals surface area contributed by atoms with E-state index in [9.17, 15) is 14.0 Å². The Balaban J connectivity index is 2.19. The van der Waals surface area contributed by atoms with Gasteiger partial charge in [-0.2, -0.15) is 0 Å². The van der Waals surface area contributed by atoms with Crippen molar-refractivity contribution in [3.8, 4) is 0 Å². The van der Waals surface area contributed by atoms with Gasteiger partial charge in [0.15, 0.2) is 0 Å². The fraction of sp³-hybridized carbons (Fsp3) is 0.286. The molecule has 0 fully saturated rings. The molecule has 7 heteroatoms. The van der Waals surface area contributed by atoms with Crippen LogP contribution in [-0.2, 0) is 14.3 Å². The molecule has 0 bridgehead atoms. The zero-order chi connectivity index (χ0) is 15.4. The van der Waals surface area contributed by atoms with Gasteiger partial charge in [0.25, 0.3) is 0 Å². The summed E-state index contributed by atoms with van der Waals surface area (Å²) in [7, 11) is 1.23. The number of carbonyl (C=O) groups excluding carboxylic acids is 2. The van der Waals surface area contributed by atoms with Gasteiger partial charge in [0, 0.05) is 18.5 Å². The minimum absolute atomic E-state index is 0.1000. The van der Waals surface area contributed by atoms with Crippen molar-refractivity contribution in [1.29, 1.82) is 0 Å². The molecule has 0 aliphatic rings. The lowest BCUT2D eigenvalue weighted by Crippen LogP contribution is -2.20. The maximum absolute atomic E-state index is 13.9. The van der Waals surface area contributed by atoms with Crippen LogP contribution in [0.1, 0.15) is 23.7 Å². The van der Waals surface area contributed by atoms with Crippen molar-refractivity contribution in [2.75, 3.05) is 7.11 Å². The van der Waals surface area contributed by atoms with E-state index in [0.29, 0.717) is 11.0 Å². The summed E-state index contributed by atoms with van der Waals surface area (Å²) in [5, 5.41) is 0. The van der Waals surface area contributed by atoms with E-state index >= 15 is 0 Å². The van der Waals surface area contributed by atoms with Crippen molar-refractivity contribution >= 4 is 23.0 Å². The molecule has 2 rings (SSSR count). The summed E-state index contributed by atoms with van der Waals surface area (Å²) in [6.45, 7) is 1.52. The smallest absolute Gasteiger partial charge is 0.341 e. The van der Waals surface area contributed by atoms with Crippen LogP contribution in [0.25, 0.3) is 11.0 Å². The summed E-state index contributed by atoms with van der Waals surface area (Å²) in [5.74, 6) is -2.13. The first-order valence-corrected chi connectivity index (χ1v) is 6.19. The molecule has 21 heavy (non-hydrogen) atoms. The molecular weight excluding hydrogens is 279 g/mol. The van der Waals surface area contributed by atoms with E-state index in [0.717, 1.165) is 6.07 Å². The van der Waals surface area contributed by atoms with Crippen LogP contribution in [0.4, 0.5) is 4.39 Å². The molecule has 0 spiro atoms. The predicted molar refractivity (Wildman–Crippen MR) is 71.0 cm³/mol. The number of halogens is 1. The zero-order valence-corrected chi connectivity index (χ0v) is 11.5. The van der Waals surface area contributed by atoms with Crippen molar-refractivity contribution in [2.45, 2.75) is 19.4 Å². The zero-order valence-electron chi connectivity index (χ0n) is 11.5. The molecule has 6 nitrogen and oxygen atoms in total. The van der Waals surface area contributed by atoms with Crippen LogP contribution in [0.5, 0.6) is 0 Å². The number of benzene rings is 1. The van der Waals surface area contributed by atoms with Gasteiger partial charge in [-0.15, -0.1) is 0 Å². The summed E-state index contributed by atoms with van der Waals surface area (Å²) in [6, 6.07) is 2.38. The van der Waals surface area contributed by atoms with E-state index in [-0.39, 0.29) is 12.0 Å². The van der Waals surface area contributed by atoms with Gasteiger partial charge in [0.1, 0.15) is 11.9 Å². The molecule has 0 amide bonds. The van der Waals surface area contributed by atoms with Crippen LogP contribution in [0.2, 0.25) is 0 Å². The third-order valence-electron chi connectivity index (χ3n) is 2.77. The lowest BCUT2D eigenvalue weighted by molar-refractivity contribution is -0.142. The number of aromatic nitrogens is 2. The quantitative estimate of drug-likeness (QED) is 0.801. The molecule has 0 N–H and O–H groups in total. The second kappa shape index (κ2) is 6.25. The number of methoxy groups -OCH3 is 1. The molecular formula is C14H13FN2O4. The van der Waals surface area contributed by atoms with E-state index in [1.54, 1.807) is 0 Å². The molecule has 0 aliphatic heterocycles. The minimum Gasteiger partial charge on any atom is -0.469 e. The normalized spacial score (nSPS) is 12.0. The van der Waals surface area contributed by atoms with E-state index < -0.39 is 23.9 Å². The molecule has 1 heterocycles. The van der Waals surface area contributed by atoms with Gasteiger partial charge in [-0.1, -0.05) is 0 Å². The van der Waals surface area contributed by atoms with Gasteiger partial charge in [-0.3, -0.25) is 14.8 Å². The molecule has 0 radical (unpaired) electrons. The predicted octanol–water partition coefficient (Wildman–Crippen LogP) is 1.88. The molecule has 1 aromatic heterocycles. The topological polar surface area (TPSA) is 78.4 Å². The fourth-order valence-corrected chi connectivity index (χ4v) is 1.75. The van der Waals surface area contributed by atoms with Gasteiger partial charge >= 0.3 is 11.9 Å². The number of carbonyl (C=O) groups is 2. The first-order chi connectivity index (χ1) is 10.0. The van der Waals surface area contributed by atoms with Crippen LogP contribution in [0.3, 0.4) is 0 Å². The average molecular weight is 292 g/mol. The van der Waals surface area contributed by atoms with Gasteiger partial charge in [0.2, 0.25) is 0 Å². The minimum atomic E-state index is -0.864. The van der Waals surface area contributed by atoms with E-state index in [2.05, 4.69) is 14.7 Å². The SMILES string of the molecule is COC(=O)C[C@@H](C)OC(=O)c1cc2nccnc2cc1F. The number of rotatable bonds is 4. The van der Waals surface area contributed by atoms with Crippen molar-refractivity contribution in [3.05, 3.63) is 35.9 Å². The highest BCUT2D eigenvalue weighted by atomic mass is 19.1. The molecule has 0 saturated heterocycles. The number of hydrogen-bond acceptors (Lipinski definition) is 6. The number of hydrogen-bond donors (Lipinski definition) is 0. The number of ether oxygens (including phenoxy) is 2. The Morgan fingerprint density at radius 1 is 1.24 bits per heavy atom. The van der Waals surface area contributed by atoms with Gasteiger partial charge in [-0.25, -0.2) is 9.18 Å². The lowest BCUT2D eigenvalue weighted by Gasteiger charge is -2.12. The highest BCUT2D eigenvalue weighted by molar-refractivity contribution is 5.94. The van der Waals surface area contributed by atoms with Crippen LogP contribution in [0, 0.1) is 5.82 Å². The Morgan fingerprint density at radius 2 is 1.86 bits per heavy atom. The Labute approximate surface area is 119 Å². The van der Waals surface area contributed by atoms with Crippen molar-refractivity contribution in [1.82, 2.24) is 9.97 Å². The Morgan fingerprint density at radius 3 is 2.48 bits per heavy atom. The van der Waals surface area contributed by atoms with Gasteiger partial charge in [0.05, 0.1) is 30.1 Å². The molecule has 110 valence electrons. The maximum atomic E-state index is 13.9. The monoisotopic (exact) mass is 292 g/mol. The van der Waals surface area contributed by atoms with Crippen molar-refractivity contribution in [2.24, 2.45) is 0 Å². The molecule has 2 aromatic rings. The fourth-order valence-electron chi connectivity index (χ4n) is 1.75. The molecule has 1 atom stereocenters. The van der Waals surface area contributed by atoms with Gasteiger partial charge < -0.3 is 9.47 Å². The Hall–Kier alpha value is -2.57. The van der Waals surface area contributed by atoms with E-state index in [4.69, 9.17) is 4.74 Å². The first kappa shape index (κ1) is 14.8. The standard InChI is InChI=1S/C14H13FN2O4/c1-8(5-13(18)20-2)21-14(19)9-6-11-12(7-10(9)15)17-4-3-16-11/h3-4,6-8H,5H2,1-2H3/t8-/m1/s1. The Bertz CT molecular complexity index is 690. The summed E-state index contributed by atoms with van der Waals surface area (Å²) < 4.78 is 23.4. The molecule has 0 aliphatic carbocycles. The van der Waals surface area contributed by atoms with Crippen molar-refractivity contribution < 1.29 is 23.5 Å². The maximum Gasteiger partial charge on any atom is 0.341 e. The van der Waals surface area contributed by atoms with E-state index in [1.807, 2.05) is 0 Å². The lowest BCUT2D eigenvalue weighted by atomic mass is 10.1. The molecule has 0 unspecified atom stereocenters. The van der Waals surface area contributed by atoms with Crippen LogP contribution >= 0.6 is 0 Å². The molecule has 0 saturated carbocycles. The van der Waals surface area contributed by atoms with Gasteiger partial charge in [-0.05, 0) is 13.0 Å². The van der Waals surface area contributed by atoms with Crippen LogP contribution < -0.4 is 0 Å². The molecule has 1 aromatic carbocycles. The third-order valence-corrected chi connectivity index (χ3v) is 2.77. The Kier molecular flexibility index (Phi) is 4.42. The third kappa shape index (κ3) is 3.50. The highest BCUT2D eigenvalue weighted by Crippen LogP contribution is 2.17. The number of nitrogens with zero attached hydrogens (tertiary/aromatic N) is 2. The van der Waals surface area contributed by atoms with E-state index in [1.165, 1.54) is 32.5 Å². The summed E-state index contributed by atoms with van der Waals surface area (Å²) >= 11 is 0. The summed E-state index contributed by atoms with van der Waals surface area (Å²) in [6.07, 6.45) is 2.05. The summed E-state index contributed by atoms with van der Waals surface area (Å²) in [4.78, 5) is 30.9. The first-order valence-electron chi connectivity index (χ1n) is 6.19. The van der Waals surface area contributed by atoms with Crippen LogP contribution in [-0.4, -0.2) is 35.1 Å². The number of esters is 2.